The summed E-state index contributed by atoms with van der Waals surface area (Å²) in [6, 6.07) is 16.5. The van der Waals surface area contributed by atoms with Crippen LogP contribution in [-0.2, 0) is 6.54 Å². The van der Waals surface area contributed by atoms with E-state index in [1.165, 1.54) is 5.56 Å². The van der Waals surface area contributed by atoms with Crippen LogP contribution in [0.2, 0.25) is 0 Å². The Bertz CT molecular complexity index is 752. The molecule has 0 heterocycles. The lowest BCUT2D eigenvalue weighted by Gasteiger charge is -2.19. The van der Waals surface area contributed by atoms with Crippen molar-refractivity contribution in [1.82, 2.24) is 4.90 Å². The first kappa shape index (κ1) is 17.6. The minimum atomic E-state index is 0.834. The average Bonchev–Trinajstić information content (AvgIpc) is 2.58. The van der Waals surface area contributed by atoms with Gasteiger partial charge in [-0.2, -0.15) is 0 Å². The fourth-order valence-electron chi connectivity index (χ4n) is 2.42. The zero-order valence-corrected chi connectivity index (χ0v) is 14.9. The smallest absolute Gasteiger partial charge is 0.102 e. The van der Waals surface area contributed by atoms with Crippen molar-refractivity contribution in [2.45, 2.75) is 27.3 Å². The molecule has 0 radical (unpaired) electrons. The van der Waals surface area contributed by atoms with Crippen LogP contribution in [0.25, 0.3) is 0 Å². The number of aliphatic imine (C=N–C) groups is 1. The van der Waals surface area contributed by atoms with Gasteiger partial charge in [0.25, 0.3) is 0 Å². The standard InChI is InChI=1S/C21H25N3/c1-5-10-18-13-14-20(22-6-2)21(15-18)23-17(3)24(4)16-19-11-8-7-9-12-19/h7-9,11-15,22H,6,16H2,1-4H3. The largest absolute Gasteiger partial charge is 0.384 e. The molecule has 0 saturated heterocycles. The Balaban J connectivity index is 2.26. The number of nitrogens with zero attached hydrogens (tertiary/aromatic N) is 2. The van der Waals surface area contributed by atoms with Crippen molar-refractivity contribution in [3.63, 3.8) is 0 Å². The van der Waals surface area contributed by atoms with E-state index in [1.54, 1.807) is 0 Å². The van der Waals surface area contributed by atoms with Gasteiger partial charge in [0.2, 0.25) is 0 Å². The Kier molecular flexibility index (Phi) is 6.45. The van der Waals surface area contributed by atoms with Crippen LogP contribution in [-0.4, -0.2) is 24.3 Å². The lowest BCUT2D eigenvalue weighted by Crippen LogP contribution is -2.23. The molecule has 2 rings (SSSR count). The highest BCUT2D eigenvalue weighted by atomic mass is 15.2. The molecule has 3 nitrogen and oxygen atoms in total. The van der Waals surface area contributed by atoms with Crippen LogP contribution in [0.3, 0.4) is 0 Å². The fourth-order valence-corrected chi connectivity index (χ4v) is 2.42. The summed E-state index contributed by atoms with van der Waals surface area (Å²) in [4.78, 5) is 6.98. The third-order valence-corrected chi connectivity index (χ3v) is 3.73. The molecule has 2 aromatic rings. The topological polar surface area (TPSA) is 27.6 Å². The quantitative estimate of drug-likeness (QED) is 0.492. The van der Waals surface area contributed by atoms with Crippen molar-refractivity contribution >= 4 is 17.2 Å². The number of benzene rings is 2. The first-order chi connectivity index (χ1) is 11.6. The summed E-state index contributed by atoms with van der Waals surface area (Å²) in [5, 5.41) is 3.37. The van der Waals surface area contributed by atoms with E-state index in [0.29, 0.717) is 0 Å². The predicted molar refractivity (Wildman–Crippen MR) is 104 cm³/mol. The monoisotopic (exact) mass is 319 g/mol. The normalized spacial score (nSPS) is 10.8. The molecule has 0 unspecified atom stereocenters. The van der Waals surface area contributed by atoms with E-state index < -0.39 is 0 Å². The van der Waals surface area contributed by atoms with E-state index in [2.05, 4.69) is 60.3 Å². The summed E-state index contributed by atoms with van der Waals surface area (Å²) >= 11 is 0. The fraction of sp³-hybridized carbons (Fsp3) is 0.286. The van der Waals surface area contributed by atoms with Gasteiger partial charge in [-0.25, -0.2) is 4.99 Å². The molecule has 0 saturated carbocycles. The van der Waals surface area contributed by atoms with Crippen LogP contribution in [0.4, 0.5) is 11.4 Å². The summed E-state index contributed by atoms with van der Waals surface area (Å²) < 4.78 is 0. The molecule has 3 heteroatoms. The maximum Gasteiger partial charge on any atom is 0.102 e. The van der Waals surface area contributed by atoms with Gasteiger partial charge in [0.05, 0.1) is 11.4 Å². The van der Waals surface area contributed by atoms with Crippen LogP contribution in [0, 0.1) is 11.8 Å². The van der Waals surface area contributed by atoms with Crippen molar-refractivity contribution in [2.24, 2.45) is 4.99 Å². The Morgan fingerprint density at radius 2 is 1.92 bits per heavy atom. The first-order valence-electron chi connectivity index (χ1n) is 8.25. The second-order valence-electron chi connectivity index (χ2n) is 5.64. The minimum Gasteiger partial charge on any atom is -0.384 e. The van der Waals surface area contributed by atoms with Crippen LogP contribution < -0.4 is 5.32 Å². The van der Waals surface area contributed by atoms with Crippen LogP contribution >= 0.6 is 0 Å². The SMILES string of the molecule is CC#Cc1ccc(NCC)c(N=C(C)N(C)Cc2ccccc2)c1. The summed E-state index contributed by atoms with van der Waals surface area (Å²) in [5.74, 6) is 7.01. The summed E-state index contributed by atoms with van der Waals surface area (Å²) in [6.45, 7) is 7.67. The van der Waals surface area contributed by atoms with Crippen LogP contribution in [0.1, 0.15) is 31.9 Å². The van der Waals surface area contributed by atoms with E-state index in [1.807, 2.05) is 38.1 Å². The molecular formula is C21H25N3. The van der Waals surface area contributed by atoms with Crippen molar-refractivity contribution in [2.75, 3.05) is 18.9 Å². The lowest BCUT2D eigenvalue weighted by molar-refractivity contribution is 0.498. The minimum absolute atomic E-state index is 0.834. The molecule has 0 amide bonds. The summed E-state index contributed by atoms with van der Waals surface area (Å²) in [6.07, 6.45) is 0. The second-order valence-corrected chi connectivity index (χ2v) is 5.64. The third-order valence-electron chi connectivity index (χ3n) is 3.73. The molecule has 1 N–H and O–H groups in total. The van der Waals surface area contributed by atoms with Crippen molar-refractivity contribution < 1.29 is 0 Å². The molecule has 0 atom stereocenters. The highest BCUT2D eigenvalue weighted by Crippen LogP contribution is 2.26. The average molecular weight is 319 g/mol. The molecule has 0 fully saturated rings. The van der Waals surface area contributed by atoms with Gasteiger partial charge in [0, 0.05) is 25.7 Å². The first-order valence-corrected chi connectivity index (χ1v) is 8.25. The summed E-state index contributed by atoms with van der Waals surface area (Å²) in [7, 11) is 2.06. The number of nitrogens with one attached hydrogen (secondary N) is 1. The number of anilines is 1. The van der Waals surface area contributed by atoms with E-state index in [4.69, 9.17) is 4.99 Å². The number of amidine groups is 1. The van der Waals surface area contributed by atoms with Gasteiger partial charge in [-0.3, -0.25) is 0 Å². The number of hydrogen-bond acceptors (Lipinski definition) is 2. The van der Waals surface area contributed by atoms with E-state index in [9.17, 15) is 0 Å². The highest BCUT2D eigenvalue weighted by Gasteiger charge is 2.06. The molecule has 0 aliphatic carbocycles. The van der Waals surface area contributed by atoms with Gasteiger partial charge < -0.3 is 10.2 Å². The van der Waals surface area contributed by atoms with E-state index in [-0.39, 0.29) is 0 Å². The van der Waals surface area contributed by atoms with E-state index in [0.717, 1.165) is 35.9 Å². The molecule has 124 valence electrons. The molecular weight excluding hydrogens is 294 g/mol. The Morgan fingerprint density at radius 1 is 1.17 bits per heavy atom. The van der Waals surface area contributed by atoms with Gasteiger partial charge in [-0.05, 0) is 44.5 Å². The molecule has 0 aromatic heterocycles. The number of rotatable bonds is 5. The zero-order chi connectivity index (χ0) is 17.4. The van der Waals surface area contributed by atoms with Crippen molar-refractivity contribution in [3.05, 3.63) is 59.7 Å². The Morgan fingerprint density at radius 3 is 2.58 bits per heavy atom. The summed E-state index contributed by atoms with van der Waals surface area (Å²) in [5.41, 5.74) is 4.21. The predicted octanol–water partition coefficient (Wildman–Crippen LogP) is 4.67. The molecule has 0 aliphatic rings. The molecule has 0 aliphatic heterocycles. The molecule has 24 heavy (non-hydrogen) atoms. The highest BCUT2D eigenvalue weighted by molar-refractivity contribution is 5.85. The van der Waals surface area contributed by atoms with Gasteiger partial charge in [-0.1, -0.05) is 36.3 Å². The Labute approximate surface area is 145 Å². The van der Waals surface area contributed by atoms with Gasteiger partial charge in [0.15, 0.2) is 0 Å². The van der Waals surface area contributed by atoms with Gasteiger partial charge >= 0.3 is 0 Å². The van der Waals surface area contributed by atoms with Crippen LogP contribution in [0.5, 0.6) is 0 Å². The lowest BCUT2D eigenvalue weighted by atomic mass is 10.1. The van der Waals surface area contributed by atoms with Crippen LogP contribution in [0.15, 0.2) is 53.5 Å². The Hall–Kier alpha value is -2.73. The third kappa shape index (κ3) is 4.89. The second kappa shape index (κ2) is 8.79. The molecule has 0 spiro atoms. The molecule has 2 aromatic carbocycles. The maximum absolute atomic E-state index is 4.83. The molecule has 0 bridgehead atoms. The zero-order valence-electron chi connectivity index (χ0n) is 14.9. The van der Waals surface area contributed by atoms with Crippen molar-refractivity contribution in [1.29, 1.82) is 0 Å². The number of hydrogen-bond donors (Lipinski definition) is 1. The maximum atomic E-state index is 4.83. The van der Waals surface area contributed by atoms with Gasteiger partial charge in [0.1, 0.15) is 5.84 Å². The van der Waals surface area contributed by atoms with E-state index >= 15 is 0 Å². The van der Waals surface area contributed by atoms with Crippen molar-refractivity contribution in [3.8, 4) is 11.8 Å². The van der Waals surface area contributed by atoms with Gasteiger partial charge in [-0.15, -0.1) is 5.92 Å².